The van der Waals surface area contributed by atoms with Crippen LogP contribution in [0.15, 0.2) is 12.7 Å². The van der Waals surface area contributed by atoms with Crippen LogP contribution in [-0.4, -0.2) is 60.9 Å². The highest BCUT2D eigenvalue weighted by Crippen LogP contribution is 2.10. The lowest BCUT2D eigenvalue weighted by molar-refractivity contribution is -0.127. The maximum absolute atomic E-state index is 11.5. The van der Waals surface area contributed by atoms with E-state index in [2.05, 4.69) is 11.9 Å². The zero-order chi connectivity index (χ0) is 12.0. The molecule has 0 aromatic carbocycles. The molecule has 0 aromatic heterocycles. The van der Waals surface area contributed by atoms with Crippen LogP contribution < -0.4 is 5.32 Å². The maximum Gasteiger partial charge on any atom is 0.234 e. The van der Waals surface area contributed by atoms with Crippen LogP contribution in [0.25, 0.3) is 0 Å². The molecule has 5 heteroatoms. The number of nitrogens with zero attached hydrogens (tertiary/aromatic N) is 1. The molecule has 2 N–H and O–H groups in total. The normalized spacial score (nSPS) is 26.4. The van der Waals surface area contributed by atoms with Crippen molar-refractivity contribution < 1.29 is 14.6 Å². The van der Waals surface area contributed by atoms with Crippen molar-refractivity contribution in [2.24, 2.45) is 0 Å². The van der Waals surface area contributed by atoms with E-state index >= 15 is 0 Å². The molecule has 1 aliphatic rings. The SMILES string of the molecule is C=CCNC(=O)CN1CC(CO)OCC1C. The average Bonchev–Trinajstić information content (AvgIpc) is 2.29. The number of morpholine rings is 1. The van der Waals surface area contributed by atoms with Gasteiger partial charge in [-0.1, -0.05) is 6.08 Å². The first kappa shape index (κ1) is 13.2. The van der Waals surface area contributed by atoms with Gasteiger partial charge in [0, 0.05) is 19.1 Å². The van der Waals surface area contributed by atoms with Gasteiger partial charge in [-0.2, -0.15) is 0 Å². The predicted molar refractivity (Wildman–Crippen MR) is 61.1 cm³/mol. The highest BCUT2D eigenvalue weighted by Gasteiger charge is 2.26. The zero-order valence-electron chi connectivity index (χ0n) is 9.69. The fraction of sp³-hybridized carbons (Fsp3) is 0.727. The molecular formula is C11H20N2O3. The lowest BCUT2D eigenvalue weighted by Gasteiger charge is -2.36. The second-order valence-corrected chi connectivity index (χ2v) is 4.01. The van der Waals surface area contributed by atoms with Gasteiger partial charge in [-0.25, -0.2) is 0 Å². The Hall–Kier alpha value is -0.910. The topological polar surface area (TPSA) is 61.8 Å². The van der Waals surface area contributed by atoms with Gasteiger partial charge in [-0.15, -0.1) is 6.58 Å². The summed E-state index contributed by atoms with van der Waals surface area (Å²) in [4.78, 5) is 13.5. The smallest absolute Gasteiger partial charge is 0.234 e. The molecule has 0 spiro atoms. The van der Waals surface area contributed by atoms with Gasteiger partial charge in [0.2, 0.25) is 5.91 Å². The molecule has 0 aromatic rings. The van der Waals surface area contributed by atoms with Crippen LogP contribution in [0.1, 0.15) is 6.92 Å². The number of carbonyl (C=O) groups is 1. The second kappa shape index (κ2) is 6.62. The summed E-state index contributed by atoms with van der Waals surface area (Å²) in [6.45, 7) is 7.53. The predicted octanol–water partition coefficient (Wildman–Crippen LogP) is -0.630. The van der Waals surface area contributed by atoms with E-state index in [0.717, 1.165) is 0 Å². The van der Waals surface area contributed by atoms with Crippen LogP contribution >= 0.6 is 0 Å². The molecule has 0 radical (unpaired) electrons. The van der Waals surface area contributed by atoms with Gasteiger partial charge in [0.15, 0.2) is 0 Å². The summed E-state index contributed by atoms with van der Waals surface area (Å²) >= 11 is 0. The van der Waals surface area contributed by atoms with Crippen LogP contribution in [0.5, 0.6) is 0 Å². The number of amides is 1. The highest BCUT2D eigenvalue weighted by atomic mass is 16.5. The number of rotatable bonds is 5. The maximum atomic E-state index is 11.5. The fourth-order valence-electron chi connectivity index (χ4n) is 1.63. The van der Waals surface area contributed by atoms with E-state index in [9.17, 15) is 4.79 Å². The third-order valence-corrected chi connectivity index (χ3v) is 2.63. The standard InChI is InChI=1S/C11H20N2O3/c1-3-4-12-11(15)6-13-5-10(7-14)16-8-9(13)2/h3,9-10,14H,1,4-8H2,2H3,(H,12,15). The quantitative estimate of drug-likeness (QED) is 0.615. The molecule has 1 heterocycles. The minimum absolute atomic E-state index is 0.00248. The van der Waals surface area contributed by atoms with Crippen LogP contribution in [0.4, 0.5) is 0 Å². The monoisotopic (exact) mass is 228 g/mol. The number of hydrogen-bond acceptors (Lipinski definition) is 4. The summed E-state index contributed by atoms with van der Waals surface area (Å²) in [6.07, 6.45) is 1.47. The Bertz CT molecular complexity index is 245. The molecule has 5 nitrogen and oxygen atoms in total. The summed E-state index contributed by atoms with van der Waals surface area (Å²) < 4.78 is 5.39. The minimum Gasteiger partial charge on any atom is -0.394 e. The van der Waals surface area contributed by atoms with Gasteiger partial charge < -0.3 is 15.2 Å². The molecule has 0 saturated carbocycles. The minimum atomic E-state index is -0.177. The molecule has 0 bridgehead atoms. The van der Waals surface area contributed by atoms with Crippen molar-refractivity contribution in [2.75, 3.05) is 32.8 Å². The number of nitrogens with one attached hydrogen (secondary N) is 1. The Morgan fingerprint density at radius 2 is 2.50 bits per heavy atom. The van der Waals surface area contributed by atoms with Gasteiger partial charge in [-0.05, 0) is 6.92 Å². The van der Waals surface area contributed by atoms with Crippen LogP contribution in [0.2, 0.25) is 0 Å². The van der Waals surface area contributed by atoms with Gasteiger partial charge >= 0.3 is 0 Å². The summed E-state index contributed by atoms with van der Waals surface area (Å²) in [5.74, 6) is -0.0228. The molecule has 2 atom stereocenters. The summed E-state index contributed by atoms with van der Waals surface area (Å²) in [7, 11) is 0. The molecule has 0 aliphatic carbocycles. The van der Waals surface area contributed by atoms with Crippen LogP contribution in [0.3, 0.4) is 0 Å². The van der Waals surface area contributed by atoms with Crippen molar-refractivity contribution in [1.29, 1.82) is 0 Å². The molecular weight excluding hydrogens is 208 g/mol. The largest absolute Gasteiger partial charge is 0.394 e. The molecule has 1 aliphatic heterocycles. The van der Waals surface area contributed by atoms with Gasteiger partial charge in [0.25, 0.3) is 0 Å². The number of aliphatic hydroxyl groups excluding tert-OH is 1. The van der Waals surface area contributed by atoms with Crippen molar-refractivity contribution in [2.45, 2.75) is 19.1 Å². The molecule has 1 amide bonds. The average molecular weight is 228 g/mol. The lowest BCUT2D eigenvalue weighted by Crippen LogP contribution is -2.52. The third kappa shape index (κ3) is 3.92. The van der Waals surface area contributed by atoms with E-state index < -0.39 is 0 Å². The van der Waals surface area contributed by atoms with Crippen LogP contribution in [-0.2, 0) is 9.53 Å². The summed E-state index contributed by atoms with van der Waals surface area (Å²) in [6, 6.07) is 0.206. The Morgan fingerprint density at radius 1 is 1.75 bits per heavy atom. The third-order valence-electron chi connectivity index (χ3n) is 2.63. The number of hydrogen-bond donors (Lipinski definition) is 2. The number of aliphatic hydroxyl groups is 1. The molecule has 92 valence electrons. The van der Waals surface area contributed by atoms with Gasteiger partial charge in [0.1, 0.15) is 0 Å². The second-order valence-electron chi connectivity index (χ2n) is 4.01. The van der Waals surface area contributed by atoms with E-state index in [-0.39, 0.29) is 24.7 Å². The first-order chi connectivity index (χ1) is 7.67. The summed E-state index contributed by atoms with van der Waals surface area (Å²) in [5, 5.41) is 11.7. The fourth-order valence-corrected chi connectivity index (χ4v) is 1.63. The Kier molecular flexibility index (Phi) is 5.45. The molecule has 2 unspecified atom stereocenters. The van der Waals surface area contributed by atoms with Crippen molar-refractivity contribution in [3.8, 4) is 0 Å². The highest BCUT2D eigenvalue weighted by molar-refractivity contribution is 5.78. The van der Waals surface area contributed by atoms with Gasteiger partial charge in [-0.3, -0.25) is 9.69 Å². The van der Waals surface area contributed by atoms with E-state index in [0.29, 0.717) is 26.2 Å². The van der Waals surface area contributed by atoms with Crippen molar-refractivity contribution in [1.82, 2.24) is 10.2 Å². The molecule has 1 fully saturated rings. The number of carbonyl (C=O) groups excluding carboxylic acids is 1. The van der Waals surface area contributed by atoms with E-state index in [1.54, 1.807) is 6.08 Å². The first-order valence-electron chi connectivity index (χ1n) is 5.51. The Balaban J connectivity index is 2.38. The number of ether oxygens (including phenoxy) is 1. The molecule has 16 heavy (non-hydrogen) atoms. The van der Waals surface area contributed by atoms with Crippen LogP contribution in [0, 0.1) is 0 Å². The van der Waals surface area contributed by atoms with Gasteiger partial charge in [0.05, 0.1) is 25.9 Å². The Labute approximate surface area is 96.1 Å². The molecule has 1 rings (SSSR count). The van der Waals surface area contributed by atoms with E-state index in [1.807, 2.05) is 11.8 Å². The zero-order valence-corrected chi connectivity index (χ0v) is 9.69. The van der Waals surface area contributed by atoms with E-state index in [1.165, 1.54) is 0 Å². The van der Waals surface area contributed by atoms with Crippen molar-refractivity contribution in [3.05, 3.63) is 12.7 Å². The van der Waals surface area contributed by atoms with Crippen molar-refractivity contribution in [3.63, 3.8) is 0 Å². The Morgan fingerprint density at radius 3 is 3.12 bits per heavy atom. The lowest BCUT2D eigenvalue weighted by atomic mass is 10.2. The summed E-state index contributed by atoms with van der Waals surface area (Å²) in [5.41, 5.74) is 0. The first-order valence-corrected chi connectivity index (χ1v) is 5.51. The van der Waals surface area contributed by atoms with Crippen molar-refractivity contribution >= 4 is 5.91 Å². The van der Waals surface area contributed by atoms with E-state index in [4.69, 9.17) is 9.84 Å². The molecule has 1 saturated heterocycles.